The van der Waals surface area contributed by atoms with E-state index in [-0.39, 0.29) is 11.3 Å². The zero-order chi connectivity index (χ0) is 10.7. The summed E-state index contributed by atoms with van der Waals surface area (Å²) in [5.41, 5.74) is 0.143. The lowest BCUT2D eigenvalue weighted by Gasteiger charge is -2.10. The Morgan fingerprint density at radius 3 is 2.36 bits per heavy atom. The minimum Gasteiger partial charge on any atom is -0.496 e. The van der Waals surface area contributed by atoms with Gasteiger partial charge < -0.3 is 9.47 Å². The Kier molecular flexibility index (Phi) is 3.61. The van der Waals surface area contributed by atoms with Crippen molar-refractivity contribution in [2.75, 3.05) is 14.2 Å². The van der Waals surface area contributed by atoms with Gasteiger partial charge in [0.15, 0.2) is 5.75 Å². The minimum absolute atomic E-state index is 0.143. The summed E-state index contributed by atoms with van der Waals surface area (Å²) < 4.78 is 9.92. The molecule has 0 fully saturated rings. The fourth-order valence-corrected chi connectivity index (χ4v) is 1.51. The van der Waals surface area contributed by atoms with Gasteiger partial charge in [-0.05, 0) is 23.7 Å². The molecule has 5 heteroatoms. The molecule has 1 aromatic rings. The molecular formula is C9H8Cl2O3. The zero-order valence-electron chi connectivity index (χ0n) is 7.64. The normalized spacial score (nSPS) is 9.71. The molecule has 0 aliphatic heterocycles. The molecule has 76 valence electrons. The summed E-state index contributed by atoms with van der Waals surface area (Å²) in [4.78, 5) is 11.1. The Bertz CT molecular complexity index is 363. The maximum absolute atomic E-state index is 11.1. The van der Waals surface area contributed by atoms with Crippen LogP contribution in [0.3, 0.4) is 0 Å². The van der Waals surface area contributed by atoms with Gasteiger partial charge in [-0.3, -0.25) is 4.79 Å². The highest BCUT2D eigenvalue weighted by molar-refractivity contribution is 6.68. The molecule has 0 atom stereocenters. The average molecular weight is 235 g/mol. The van der Waals surface area contributed by atoms with Crippen LogP contribution >= 0.6 is 23.2 Å². The first-order valence-corrected chi connectivity index (χ1v) is 4.47. The predicted molar refractivity (Wildman–Crippen MR) is 54.7 cm³/mol. The summed E-state index contributed by atoms with van der Waals surface area (Å²) in [7, 11) is 2.84. The maximum atomic E-state index is 11.1. The molecule has 1 aromatic carbocycles. The fourth-order valence-electron chi connectivity index (χ4n) is 1.09. The van der Waals surface area contributed by atoms with Gasteiger partial charge in [0.05, 0.1) is 19.2 Å². The molecule has 0 heterocycles. The second kappa shape index (κ2) is 4.53. The number of hydrogen-bond donors (Lipinski definition) is 0. The van der Waals surface area contributed by atoms with Gasteiger partial charge >= 0.3 is 0 Å². The number of ether oxygens (including phenoxy) is 2. The van der Waals surface area contributed by atoms with Crippen molar-refractivity contribution in [2.24, 2.45) is 0 Å². The standard InChI is InChI=1S/C9H8Cl2O3/c1-13-6-4-3-5(10)8(14-2)7(6)9(11)12/h3-4H,1-2H3. The zero-order valence-corrected chi connectivity index (χ0v) is 9.15. The van der Waals surface area contributed by atoms with Gasteiger partial charge in [-0.2, -0.15) is 0 Å². The van der Waals surface area contributed by atoms with E-state index >= 15 is 0 Å². The van der Waals surface area contributed by atoms with Gasteiger partial charge in [-0.25, -0.2) is 0 Å². The number of hydrogen-bond acceptors (Lipinski definition) is 3. The third-order valence-electron chi connectivity index (χ3n) is 1.69. The van der Waals surface area contributed by atoms with Crippen LogP contribution in [0, 0.1) is 0 Å². The van der Waals surface area contributed by atoms with Gasteiger partial charge in [0.2, 0.25) is 0 Å². The summed E-state index contributed by atoms with van der Waals surface area (Å²) >= 11 is 11.2. The van der Waals surface area contributed by atoms with Crippen molar-refractivity contribution in [3.05, 3.63) is 22.7 Å². The van der Waals surface area contributed by atoms with Crippen LogP contribution < -0.4 is 9.47 Å². The molecule has 0 unspecified atom stereocenters. The fraction of sp³-hybridized carbons (Fsp3) is 0.222. The summed E-state index contributed by atoms with van der Waals surface area (Å²) in [6.45, 7) is 0. The van der Waals surface area contributed by atoms with Crippen molar-refractivity contribution >= 4 is 28.4 Å². The molecule has 0 aliphatic carbocycles. The third kappa shape index (κ3) is 1.94. The number of carbonyl (C=O) groups excluding carboxylic acids is 1. The summed E-state index contributed by atoms with van der Waals surface area (Å²) in [6, 6.07) is 3.13. The lowest BCUT2D eigenvalue weighted by atomic mass is 10.2. The average Bonchev–Trinajstić information content (AvgIpc) is 2.17. The molecule has 0 saturated heterocycles. The molecule has 0 amide bonds. The van der Waals surface area contributed by atoms with Gasteiger partial charge in [0.1, 0.15) is 11.3 Å². The van der Waals surface area contributed by atoms with E-state index in [0.717, 1.165) is 0 Å². The van der Waals surface area contributed by atoms with Crippen LogP contribution in [0.1, 0.15) is 10.4 Å². The second-order valence-corrected chi connectivity index (χ2v) is 3.18. The van der Waals surface area contributed by atoms with Crippen molar-refractivity contribution < 1.29 is 14.3 Å². The molecule has 0 radical (unpaired) electrons. The van der Waals surface area contributed by atoms with Crippen LogP contribution in [-0.2, 0) is 0 Å². The van der Waals surface area contributed by atoms with E-state index in [4.69, 9.17) is 32.7 Å². The molecular weight excluding hydrogens is 227 g/mol. The van der Waals surface area contributed by atoms with Crippen molar-refractivity contribution in [3.8, 4) is 11.5 Å². The van der Waals surface area contributed by atoms with E-state index in [0.29, 0.717) is 10.8 Å². The molecule has 0 N–H and O–H groups in total. The van der Waals surface area contributed by atoms with Crippen LogP contribution in [0.2, 0.25) is 5.02 Å². The van der Waals surface area contributed by atoms with Crippen LogP contribution in [-0.4, -0.2) is 19.5 Å². The quantitative estimate of drug-likeness (QED) is 0.755. The molecule has 14 heavy (non-hydrogen) atoms. The van der Waals surface area contributed by atoms with E-state index in [2.05, 4.69) is 0 Å². The van der Waals surface area contributed by atoms with E-state index in [1.807, 2.05) is 0 Å². The van der Waals surface area contributed by atoms with Crippen molar-refractivity contribution in [3.63, 3.8) is 0 Å². The van der Waals surface area contributed by atoms with E-state index in [1.165, 1.54) is 14.2 Å². The maximum Gasteiger partial charge on any atom is 0.259 e. The van der Waals surface area contributed by atoms with Crippen molar-refractivity contribution in [2.45, 2.75) is 0 Å². The molecule has 0 aliphatic rings. The molecule has 0 saturated carbocycles. The molecule has 0 aromatic heterocycles. The first-order valence-electron chi connectivity index (χ1n) is 3.72. The van der Waals surface area contributed by atoms with Gasteiger partial charge in [-0.15, -0.1) is 0 Å². The summed E-state index contributed by atoms with van der Waals surface area (Å²) in [5.74, 6) is 0.567. The Balaban J connectivity index is 3.43. The molecule has 0 bridgehead atoms. The molecule has 3 nitrogen and oxygen atoms in total. The second-order valence-electron chi connectivity index (χ2n) is 2.43. The molecule has 1 rings (SSSR count). The summed E-state index contributed by atoms with van der Waals surface area (Å²) in [6.07, 6.45) is 0. The van der Waals surface area contributed by atoms with E-state index in [1.54, 1.807) is 12.1 Å². The van der Waals surface area contributed by atoms with Crippen molar-refractivity contribution in [1.29, 1.82) is 0 Å². The van der Waals surface area contributed by atoms with Crippen LogP contribution in [0.5, 0.6) is 11.5 Å². The topological polar surface area (TPSA) is 35.5 Å². The van der Waals surface area contributed by atoms with Crippen molar-refractivity contribution in [1.82, 2.24) is 0 Å². The first-order chi connectivity index (χ1) is 6.61. The Hall–Kier alpha value is -0.930. The van der Waals surface area contributed by atoms with Crippen LogP contribution in [0.25, 0.3) is 0 Å². The van der Waals surface area contributed by atoms with E-state index < -0.39 is 5.24 Å². The largest absolute Gasteiger partial charge is 0.496 e. The Morgan fingerprint density at radius 1 is 1.29 bits per heavy atom. The highest BCUT2D eigenvalue weighted by atomic mass is 35.5. The summed E-state index contributed by atoms with van der Waals surface area (Å²) in [5, 5.41) is -0.349. The lowest BCUT2D eigenvalue weighted by molar-refractivity contribution is 0.107. The number of methoxy groups -OCH3 is 2. The smallest absolute Gasteiger partial charge is 0.259 e. The monoisotopic (exact) mass is 234 g/mol. The van der Waals surface area contributed by atoms with Gasteiger partial charge in [0.25, 0.3) is 5.24 Å². The number of carbonyl (C=O) groups is 1. The van der Waals surface area contributed by atoms with E-state index in [9.17, 15) is 4.79 Å². The highest BCUT2D eigenvalue weighted by Gasteiger charge is 2.18. The number of rotatable bonds is 3. The highest BCUT2D eigenvalue weighted by Crippen LogP contribution is 2.36. The number of benzene rings is 1. The van der Waals surface area contributed by atoms with Crippen LogP contribution in [0.15, 0.2) is 12.1 Å². The van der Waals surface area contributed by atoms with Crippen LogP contribution in [0.4, 0.5) is 0 Å². The number of halogens is 2. The lowest BCUT2D eigenvalue weighted by Crippen LogP contribution is -2.00. The predicted octanol–water partition coefficient (Wildman–Crippen LogP) is 2.74. The first kappa shape index (κ1) is 11.1. The Labute approximate surface area is 91.5 Å². The Morgan fingerprint density at radius 2 is 1.93 bits per heavy atom. The minimum atomic E-state index is -0.666. The van der Waals surface area contributed by atoms with Gasteiger partial charge in [0, 0.05) is 0 Å². The third-order valence-corrected chi connectivity index (χ3v) is 2.18. The molecule has 0 spiro atoms. The van der Waals surface area contributed by atoms with Gasteiger partial charge in [-0.1, -0.05) is 11.6 Å². The SMILES string of the molecule is COc1ccc(Cl)c(OC)c1C(=O)Cl.